The number of hydrogen-bond acceptors (Lipinski definition) is 4. The molecule has 0 aliphatic heterocycles. The highest BCUT2D eigenvalue weighted by Crippen LogP contribution is 2.23. The van der Waals surface area contributed by atoms with E-state index >= 15 is 0 Å². The van der Waals surface area contributed by atoms with Crippen molar-refractivity contribution in [3.8, 4) is 5.75 Å². The zero-order valence-corrected chi connectivity index (χ0v) is 22.4. The van der Waals surface area contributed by atoms with E-state index in [4.69, 9.17) is 21.1 Å². The van der Waals surface area contributed by atoms with Gasteiger partial charge in [0.1, 0.15) is 29.6 Å². The van der Waals surface area contributed by atoms with E-state index in [1.165, 1.54) is 6.07 Å². The highest BCUT2D eigenvalue weighted by Gasteiger charge is 2.21. The molecule has 0 heterocycles. The van der Waals surface area contributed by atoms with E-state index in [0.717, 1.165) is 17.7 Å². The average molecular weight is 545 g/mol. The minimum Gasteiger partial charge on any atom is -0.488 e. The highest BCUT2D eigenvalue weighted by atomic mass is 35.5. The Morgan fingerprint density at radius 2 is 1.71 bits per heavy atom. The molecule has 3 aromatic rings. The van der Waals surface area contributed by atoms with Crippen LogP contribution in [-0.4, -0.2) is 35.6 Å². The van der Waals surface area contributed by atoms with Crippen LogP contribution in [0.25, 0.3) is 0 Å². The molecule has 0 atom stereocenters. The topological polar surface area (TPSA) is 67.9 Å². The molecule has 6 nitrogen and oxygen atoms in total. The largest absolute Gasteiger partial charge is 0.488 e. The second-order valence-corrected chi connectivity index (χ2v) is 10.1. The summed E-state index contributed by atoms with van der Waals surface area (Å²) in [6.07, 6.45) is -0.0533. The Balaban J connectivity index is 1.73. The number of para-hydroxylation sites is 1. The molecule has 202 valence electrons. The molecular weight excluding hydrogens is 514 g/mol. The van der Waals surface area contributed by atoms with E-state index in [1.807, 2.05) is 12.1 Å². The van der Waals surface area contributed by atoms with E-state index in [0.29, 0.717) is 36.6 Å². The van der Waals surface area contributed by atoms with Gasteiger partial charge in [-0.25, -0.2) is 13.6 Å². The van der Waals surface area contributed by atoms with E-state index in [-0.39, 0.29) is 23.8 Å². The Hall–Kier alpha value is -3.65. The van der Waals surface area contributed by atoms with Gasteiger partial charge < -0.3 is 19.7 Å². The first-order valence-electron chi connectivity index (χ1n) is 12.2. The SMILES string of the molecule is CC(C)(C)OC(=O)NCCCN(Cc1ccc(Cl)cc1)C(=O)c1ccccc1OCc1ccc(F)cc1F. The molecule has 0 aromatic heterocycles. The molecular formula is C29H31ClF2N2O4. The number of alkyl carbamates (subject to hydrolysis) is 1. The van der Waals surface area contributed by atoms with Crippen LogP contribution in [-0.2, 0) is 17.9 Å². The zero-order chi connectivity index (χ0) is 27.7. The summed E-state index contributed by atoms with van der Waals surface area (Å²) in [5, 5.41) is 3.28. The lowest BCUT2D eigenvalue weighted by atomic mass is 10.1. The minimum absolute atomic E-state index is 0.167. The van der Waals surface area contributed by atoms with Crippen LogP contribution in [0.5, 0.6) is 5.75 Å². The van der Waals surface area contributed by atoms with Crippen LogP contribution in [0, 0.1) is 11.6 Å². The van der Waals surface area contributed by atoms with E-state index in [1.54, 1.807) is 62.1 Å². The van der Waals surface area contributed by atoms with Crippen molar-refractivity contribution < 1.29 is 27.8 Å². The van der Waals surface area contributed by atoms with E-state index in [2.05, 4.69) is 5.32 Å². The van der Waals surface area contributed by atoms with E-state index in [9.17, 15) is 18.4 Å². The van der Waals surface area contributed by atoms with Gasteiger partial charge in [-0.3, -0.25) is 4.79 Å². The number of nitrogens with zero attached hydrogens (tertiary/aromatic N) is 1. The van der Waals surface area contributed by atoms with Gasteiger partial charge in [-0.2, -0.15) is 0 Å². The van der Waals surface area contributed by atoms with Gasteiger partial charge in [0, 0.05) is 36.3 Å². The Kier molecular flexibility index (Phi) is 10.1. The number of benzene rings is 3. The number of carbonyl (C=O) groups excluding carboxylic acids is 2. The first-order valence-corrected chi connectivity index (χ1v) is 12.6. The van der Waals surface area contributed by atoms with Crippen LogP contribution in [0.15, 0.2) is 66.7 Å². The molecule has 0 aliphatic rings. The van der Waals surface area contributed by atoms with Crippen molar-refractivity contribution in [2.24, 2.45) is 0 Å². The summed E-state index contributed by atoms with van der Waals surface area (Å²) in [4.78, 5) is 27.3. The van der Waals surface area contributed by atoms with Crippen molar-refractivity contribution in [1.82, 2.24) is 10.2 Å². The van der Waals surface area contributed by atoms with Gasteiger partial charge in [-0.1, -0.05) is 35.9 Å². The highest BCUT2D eigenvalue weighted by molar-refractivity contribution is 6.30. The molecule has 0 radical (unpaired) electrons. The summed E-state index contributed by atoms with van der Waals surface area (Å²) in [6.45, 7) is 6.10. The minimum atomic E-state index is -0.726. The summed E-state index contributed by atoms with van der Waals surface area (Å²) < 4.78 is 38.4. The van der Waals surface area contributed by atoms with Crippen LogP contribution in [0.4, 0.5) is 13.6 Å². The van der Waals surface area contributed by atoms with Gasteiger partial charge in [0.2, 0.25) is 0 Å². The lowest BCUT2D eigenvalue weighted by Gasteiger charge is -2.25. The van der Waals surface area contributed by atoms with Crippen LogP contribution >= 0.6 is 11.6 Å². The molecule has 0 unspecified atom stereocenters. The third-order valence-electron chi connectivity index (χ3n) is 5.36. The van der Waals surface area contributed by atoms with Gasteiger partial charge >= 0.3 is 6.09 Å². The molecule has 3 rings (SSSR count). The van der Waals surface area contributed by atoms with Gasteiger partial charge in [0.25, 0.3) is 5.91 Å². The van der Waals surface area contributed by atoms with Crippen LogP contribution in [0.1, 0.15) is 48.7 Å². The number of halogens is 3. The number of rotatable bonds is 10. The smallest absolute Gasteiger partial charge is 0.407 e. The Bertz CT molecular complexity index is 1250. The van der Waals surface area contributed by atoms with Crippen LogP contribution < -0.4 is 10.1 Å². The van der Waals surface area contributed by atoms with Gasteiger partial charge in [-0.05, 0) is 69.2 Å². The van der Waals surface area contributed by atoms with Crippen molar-refractivity contribution in [3.05, 3.63) is 100 Å². The Morgan fingerprint density at radius 1 is 1.00 bits per heavy atom. The number of amides is 2. The molecule has 1 N–H and O–H groups in total. The normalized spacial score (nSPS) is 11.1. The average Bonchev–Trinajstić information content (AvgIpc) is 2.85. The Labute approximate surface area is 226 Å². The molecule has 0 spiro atoms. The fourth-order valence-electron chi connectivity index (χ4n) is 3.57. The van der Waals surface area contributed by atoms with Gasteiger partial charge in [0.15, 0.2) is 0 Å². The number of hydrogen-bond donors (Lipinski definition) is 1. The summed E-state index contributed by atoms with van der Waals surface area (Å²) in [7, 11) is 0. The van der Waals surface area contributed by atoms with Crippen molar-refractivity contribution in [2.45, 2.75) is 45.9 Å². The first-order chi connectivity index (χ1) is 18.0. The quantitative estimate of drug-likeness (QED) is 0.286. The van der Waals surface area contributed by atoms with Gasteiger partial charge in [-0.15, -0.1) is 0 Å². The van der Waals surface area contributed by atoms with Crippen molar-refractivity contribution in [2.75, 3.05) is 13.1 Å². The predicted molar refractivity (Wildman–Crippen MR) is 142 cm³/mol. The third-order valence-corrected chi connectivity index (χ3v) is 5.61. The molecule has 0 aliphatic carbocycles. The maximum Gasteiger partial charge on any atom is 0.407 e. The fraction of sp³-hybridized carbons (Fsp3) is 0.310. The lowest BCUT2D eigenvalue weighted by Crippen LogP contribution is -2.36. The molecule has 3 aromatic carbocycles. The maximum atomic E-state index is 14.1. The molecule has 0 saturated heterocycles. The summed E-state index contributed by atoms with van der Waals surface area (Å²) in [6, 6.07) is 17.1. The molecule has 0 fully saturated rings. The second kappa shape index (κ2) is 13.2. The van der Waals surface area contributed by atoms with Gasteiger partial charge in [0.05, 0.1) is 5.56 Å². The Morgan fingerprint density at radius 3 is 2.39 bits per heavy atom. The zero-order valence-electron chi connectivity index (χ0n) is 21.6. The molecule has 9 heteroatoms. The molecule has 38 heavy (non-hydrogen) atoms. The monoisotopic (exact) mass is 544 g/mol. The predicted octanol–water partition coefficient (Wildman–Crippen LogP) is 6.75. The van der Waals surface area contributed by atoms with Crippen molar-refractivity contribution in [1.29, 1.82) is 0 Å². The third kappa shape index (κ3) is 9.03. The maximum absolute atomic E-state index is 14.1. The number of nitrogens with one attached hydrogen (secondary N) is 1. The lowest BCUT2D eigenvalue weighted by molar-refractivity contribution is 0.0525. The summed E-state index contributed by atoms with van der Waals surface area (Å²) in [5.74, 6) is -1.43. The fourth-order valence-corrected chi connectivity index (χ4v) is 3.70. The standard InChI is InChI=1S/C29H31ClF2N2O4/c1-29(2,3)38-28(36)33-15-6-16-34(18-20-9-12-22(30)13-10-20)27(35)24-7-4-5-8-26(24)37-19-21-11-14-23(31)17-25(21)32/h4-5,7-14,17H,6,15-16,18-19H2,1-3H3,(H,33,36). The molecule has 2 amide bonds. The van der Waals surface area contributed by atoms with Crippen LogP contribution in [0.3, 0.4) is 0 Å². The first kappa shape index (κ1) is 28.9. The second-order valence-electron chi connectivity index (χ2n) is 9.66. The molecule has 0 saturated carbocycles. The summed E-state index contributed by atoms with van der Waals surface area (Å²) >= 11 is 6.01. The van der Waals surface area contributed by atoms with Crippen molar-refractivity contribution >= 4 is 23.6 Å². The van der Waals surface area contributed by atoms with Crippen molar-refractivity contribution in [3.63, 3.8) is 0 Å². The summed E-state index contributed by atoms with van der Waals surface area (Å²) in [5.41, 5.74) is 0.722. The number of ether oxygens (including phenoxy) is 2. The number of carbonyl (C=O) groups is 2. The molecule has 0 bridgehead atoms. The van der Waals surface area contributed by atoms with Crippen LogP contribution in [0.2, 0.25) is 5.02 Å². The van der Waals surface area contributed by atoms with E-state index < -0.39 is 23.3 Å².